The van der Waals surface area contributed by atoms with E-state index in [1.807, 2.05) is 18.2 Å². The summed E-state index contributed by atoms with van der Waals surface area (Å²) in [5.74, 6) is 1.32. The minimum atomic E-state index is -3.18. The molecule has 6 heteroatoms. The molecule has 3 atom stereocenters. The van der Waals surface area contributed by atoms with Crippen LogP contribution in [0.25, 0.3) is 0 Å². The minimum absolute atomic E-state index is 0.410. The summed E-state index contributed by atoms with van der Waals surface area (Å²) in [6.45, 7) is 12.3. The lowest BCUT2D eigenvalue weighted by molar-refractivity contribution is 0.0748. The summed E-state index contributed by atoms with van der Waals surface area (Å²) < 4.78 is 23.9. The predicted molar refractivity (Wildman–Crippen MR) is 117 cm³/mol. The molecule has 0 bridgehead atoms. The van der Waals surface area contributed by atoms with E-state index in [-0.39, 0.29) is 0 Å². The molecule has 3 rings (SSSR count). The summed E-state index contributed by atoms with van der Waals surface area (Å²) in [6.07, 6.45) is 3.90. The van der Waals surface area contributed by atoms with Gasteiger partial charge in [0.1, 0.15) is 0 Å². The lowest BCUT2D eigenvalue weighted by Crippen LogP contribution is -2.57. The van der Waals surface area contributed by atoms with Crippen LogP contribution in [0.4, 0.5) is 5.69 Å². The van der Waals surface area contributed by atoms with Crippen molar-refractivity contribution < 1.29 is 8.42 Å². The van der Waals surface area contributed by atoms with Crippen LogP contribution in [-0.4, -0.2) is 76.3 Å². The maximum atomic E-state index is 11.9. The van der Waals surface area contributed by atoms with Crippen molar-refractivity contribution in [1.82, 2.24) is 9.80 Å². The monoisotopic (exact) mass is 407 g/mol. The van der Waals surface area contributed by atoms with E-state index < -0.39 is 9.84 Å². The third kappa shape index (κ3) is 5.08. The Bertz CT molecular complexity index is 765. The quantitative estimate of drug-likeness (QED) is 0.751. The van der Waals surface area contributed by atoms with Crippen molar-refractivity contribution in [3.05, 3.63) is 24.3 Å². The van der Waals surface area contributed by atoms with Crippen LogP contribution >= 0.6 is 0 Å². The van der Waals surface area contributed by atoms with Crippen LogP contribution in [0.1, 0.15) is 33.6 Å². The SMILES string of the molecule is CC(C)[C@H]1CN(c2cccc(S(C)(=O)=O)c2)CCN1CC1CCC(C)N(C)C1. The van der Waals surface area contributed by atoms with E-state index in [2.05, 4.69) is 42.5 Å². The van der Waals surface area contributed by atoms with Crippen LogP contribution < -0.4 is 4.90 Å². The van der Waals surface area contributed by atoms with E-state index in [9.17, 15) is 8.42 Å². The van der Waals surface area contributed by atoms with Gasteiger partial charge in [0.25, 0.3) is 0 Å². The Kier molecular flexibility index (Phi) is 6.72. The number of hydrogen-bond acceptors (Lipinski definition) is 5. The zero-order valence-electron chi connectivity index (χ0n) is 18.1. The predicted octanol–water partition coefficient (Wildman–Crippen LogP) is 2.97. The van der Waals surface area contributed by atoms with Crippen molar-refractivity contribution in [2.75, 3.05) is 50.9 Å². The van der Waals surface area contributed by atoms with E-state index in [0.29, 0.717) is 22.9 Å². The molecule has 5 nitrogen and oxygen atoms in total. The van der Waals surface area contributed by atoms with Crippen LogP contribution in [0.15, 0.2) is 29.2 Å². The number of benzene rings is 1. The van der Waals surface area contributed by atoms with E-state index in [0.717, 1.165) is 31.2 Å². The van der Waals surface area contributed by atoms with Gasteiger partial charge in [0.2, 0.25) is 0 Å². The average molecular weight is 408 g/mol. The number of nitrogens with zero attached hydrogens (tertiary/aromatic N) is 3. The molecule has 0 amide bonds. The van der Waals surface area contributed by atoms with Crippen molar-refractivity contribution in [3.63, 3.8) is 0 Å². The smallest absolute Gasteiger partial charge is 0.175 e. The molecule has 1 aromatic rings. The minimum Gasteiger partial charge on any atom is -0.369 e. The third-order valence-electron chi connectivity index (χ3n) is 6.70. The second kappa shape index (κ2) is 8.72. The molecule has 2 aliphatic rings. The van der Waals surface area contributed by atoms with Crippen LogP contribution in [0.2, 0.25) is 0 Å². The van der Waals surface area contributed by atoms with E-state index in [1.165, 1.54) is 32.2 Å². The van der Waals surface area contributed by atoms with Gasteiger partial charge in [-0.05, 0) is 56.8 Å². The second-order valence-electron chi connectivity index (χ2n) is 9.25. The van der Waals surface area contributed by atoms with E-state index in [1.54, 1.807) is 6.07 Å². The molecule has 0 N–H and O–H groups in total. The molecule has 0 radical (unpaired) electrons. The summed E-state index contributed by atoms with van der Waals surface area (Å²) >= 11 is 0. The van der Waals surface area contributed by atoms with Gasteiger partial charge in [0, 0.05) is 56.8 Å². The molecular formula is C22H37N3O2S. The van der Waals surface area contributed by atoms with Gasteiger partial charge in [0.05, 0.1) is 4.90 Å². The molecule has 0 saturated carbocycles. The van der Waals surface area contributed by atoms with Crippen molar-refractivity contribution in [3.8, 4) is 0 Å². The standard InChI is InChI=1S/C22H37N3O2S/c1-17(2)22-16-24(20-7-6-8-21(13-20)28(5,26)27)11-12-25(22)15-19-10-9-18(3)23(4)14-19/h6-8,13,17-19,22H,9-12,14-16H2,1-5H3/t18?,19?,22-/m1/s1. The summed E-state index contributed by atoms with van der Waals surface area (Å²) in [5.41, 5.74) is 1.03. The molecule has 28 heavy (non-hydrogen) atoms. The zero-order chi connectivity index (χ0) is 20.5. The number of hydrogen-bond donors (Lipinski definition) is 0. The van der Waals surface area contributed by atoms with Crippen molar-refractivity contribution in [2.24, 2.45) is 11.8 Å². The molecule has 2 unspecified atom stereocenters. The van der Waals surface area contributed by atoms with Gasteiger partial charge < -0.3 is 9.80 Å². The highest BCUT2D eigenvalue weighted by molar-refractivity contribution is 7.90. The summed E-state index contributed by atoms with van der Waals surface area (Å²) in [5, 5.41) is 0. The molecular weight excluding hydrogens is 370 g/mol. The van der Waals surface area contributed by atoms with Gasteiger partial charge in [-0.15, -0.1) is 0 Å². The molecule has 0 aliphatic carbocycles. The maximum Gasteiger partial charge on any atom is 0.175 e. The van der Waals surface area contributed by atoms with Gasteiger partial charge in [0.15, 0.2) is 9.84 Å². The average Bonchev–Trinajstić information content (AvgIpc) is 2.64. The largest absolute Gasteiger partial charge is 0.369 e. The molecule has 0 spiro atoms. The Hall–Kier alpha value is -1.11. The van der Waals surface area contributed by atoms with E-state index in [4.69, 9.17) is 0 Å². The molecule has 0 aromatic heterocycles. The fourth-order valence-electron chi connectivity index (χ4n) is 4.71. The normalized spacial score (nSPS) is 28.1. The Labute approximate surface area is 171 Å². The lowest BCUT2D eigenvalue weighted by atomic mass is 9.91. The fourth-order valence-corrected chi connectivity index (χ4v) is 5.37. The number of piperidine rings is 1. The summed E-state index contributed by atoms with van der Waals surface area (Å²) in [6, 6.07) is 8.63. The Morgan fingerprint density at radius 3 is 2.54 bits per heavy atom. The molecule has 2 saturated heterocycles. The highest BCUT2D eigenvalue weighted by Crippen LogP contribution is 2.28. The van der Waals surface area contributed by atoms with Gasteiger partial charge >= 0.3 is 0 Å². The van der Waals surface area contributed by atoms with Crippen LogP contribution in [0.3, 0.4) is 0 Å². The molecule has 2 aliphatic heterocycles. The highest BCUT2D eigenvalue weighted by Gasteiger charge is 2.32. The van der Waals surface area contributed by atoms with Crippen LogP contribution in [-0.2, 0) is 9.84 Å². The third-order valence-corrected chi connectivity index (χ3v) is 7.81. The summed E-state index contributed by atoms with van der Waals surface area (Å²) in [7, 11) is -0.922. The topological polar surface area (TPSA) is 43.9 Å². The Morgan fingerprint density at radius 2 is 1.89 bits per heavy atom. The number of anilines is 1. The van der Waals surface area contributed by atoms with Crippen molar-refractivity contribution in [1.29, 1.82) is 0 Å². The number of sulfone groups is 1. The van der Waals surface area contributed by atoms with Gasteiger partial charge in [-0.1, -0.05) is 19.9 Å². The Balaban J connectivity index is 1.69. The van der Waals surface area contributed by atoms with Gasteiger partial charge in [-0.25, -0.2) is 8.42 Å². The zero-order valence-corrected chi connectivity index (χ0v) is 19.0. The fraction of sp³-hybridized carbons (Fsp3) is 0.727. The lowest BCUT2D eigenvalue weighted by Gasteiger charge is -2.47. The molecule has 2 heterocycles. The molecule has 2 fully saturated rings. The van der Waals surface area contributed by atoms with Gasteiger partial charge in [-0.3, -0.25) is 4.90 Å². The Morgan fingerprint density at radius 1 is 1.14 bits per heavy atom. The van der Waals surface area contributed by atoms with Gasteiger partial charge in [-0.2, -0.15) is 0 Å². The summed E-state index contributed by atoms with van der Waals surface area (Å²) in [4.78, 5) is 7.97. The van der Waals surface area contributed by atoms with Crippen LogP contribution in [0.5, 0.6) is 0 Å². The van der Waals surface area contributed by atoms with Crippen molar-refractivity contribution in [2.45, 2.75) is 50.6 Å². The van der Waals surface area contributed by atoms with Crippen molar-refractivity contribution >= 4 is 15.5 Å². The molecule has 1 aromatic carbocycles. The molecule has 158 valence electrons. The maximum absolute atomic E-state index is 11.9. The van der Waals surface area contributed by atoms with E-state index >= 15 is 0 Å². The second-order valence-corrected chi connectivity index (χ2v) is 11.3. The first-order chi connectivity index (χ1) is 13.1. The first-order valence-corrected chi connectivity index (χ1v) is 12.5. The van der Waals surface area contributed by atoms with Crippen LogP contribution in [0, 0.1) is 11.8 Å². The first kappa shape index (κ1) is 21.6. The number of rotatable bonds is 5. The first-order valence-electron chi connectivity index (χ1n) is 10.6. The number of likely N-dealkylation sites (tertiary alicyclic amines) is 1. The highest BCUT2D eigenvalue weighted by atomic mass is 32.2. The number of piperazine rings is 1.